The standard InChI is InChI=1S/C19H18N4O3/c24-18(7-8-19-21-15-3-1-2-4-16(15)26-19)22-17-6-5-14(13-20-17)23-9-11-25-12-10-23/h1-8,13H,9-12H2,(H,20,22,24)/b8-7+. The molecule has 0 aliphatic carbocycles. The number of benzene rings is 1. The Labute approximate surface area is 150 Å². The van der Waals surface area contributed by atoms with Crippen LogP contribution in [0, 0.1) is 0 Å². The normalized spacial score (nSPS) is 14.8. The molecule has 7 heteroatoms. The van der Waals surface area contributed by atoms with E-state index >= 15 is 0 Å². The van der Waals surface area contributed by atoms with Crippen LogP contribution in [0.25, 0.3) is 17.2 Å². The highest BCUT2D eigenvalue weighted by atomic mass is 16.5. The summed E-state index contributed by atoms with van der Waals surface area (Å²) in [5, 5.41) is 2.73. The number of carbonyl (C=O) groups is 1. The number of nitrogens with zero attached hydrogens (tertiary/aromatic N) is 3. The highest BCUT2D eigenvalue weighted by molar-refractivity contribution is 6.01. The molecule has 1 saturated heterocycles. The van der Waals surface area contributed by atoms with Gasteiger partial charge in [-0.05, 0) is 24.3 Å². The number of hydrogen-bond acceptors (Lipinski definition) is 6. The molecule has 1 aliphatic heterocycles. The molecule has 7 nitrogen and oxygen atoms in total. The summed E-state index contributed by atoms with van der Waals surface area (Å²) in [7, 11) is 0. The molecule has 1 N–H and O–H groups in total. The van der Waals surface area contributed by atoms with Crippen molar-refractivity contribution in [3.05, 3.63) is 54.6 Å². The summed E-state index contributed by atoms with van der Waals surface area (Å²) in [5.74, 6) is 0.588. The predicted molar refractivity (Wildman–Crippen MR) is 98.9 cm³/mol. The zero-order chi connectivity index (χ0) is 17.8. The molecule has 1 aliphatic rings. The van der Waals surface area contributed by atoms with E-state index in [0.717, 1.165) is 37.5 Å². The molecule has 0 atom stereocenters. The van der Waals surface area contributed by atoms with E-state index in [4.69, 9.17) is 9.15 Å². The summed E-state index contributed by atoms with van der Waals surface area (Å²) in [6.45, 7) is 3.14. The largest absolute Gasteiger partial charge is 0.437 e. The van der Waals surface area contributed by atoms with Gasteiger partial charge in [-0.2, -0.15) is 0 Å². The average molecular weight is 350 g/mol. The molecule has 3 heterocycles. The number of fused-ring (bicyclic) bond motifs is 1. The van der Waals surface area contributed by atoms with Gasteiger partial charge >= 0.3 is 0 Å². The van der Waals surface area contributed by atoms with E-state index in [9.17, 15) is 4.79 Å². The Morgan fingerprint density at radius 1 is 1.15 bits per heavy atom. The molecule has 3 aromatic rings. The summed E-state index contributed by atoms with van der Waals surface area (Å²) in [4.78, 5) is 22.8. The Kier molecular flexibility index (Phi) is 4.61. The Morgan fingerprint density at radius 2 is 2.00 bits per heavy atom. The van der Waals surface area contributed by atoms with E-state index in [1.54, 1.807) is 12.3 Å². The number of hydrogen-bond donors (Lipinski definition) is 1. The number of rotatable bonds is 4. The fourth-order valence-electron chi connectivity index (χ4n) is 2.74. The van der Waals surface area contributed by atoms with Crippen LogP contribution in [0.2, 0.25) is 0 Å². The van der Waals surface area contributed by atoms with Crippen LogP contribution < -0.4 is 10.2 Å². The van der Waals surface area contributed by atoms with Crippen molar-refractivity contribution in [1.82, 2.24) is 9.97 Å². The van der Waals surface area contributed by atoms with Gasteiger partial charge in [0.05, 0.1) is 25.1 Å². The van der Waals surface area contributed by atoms with Gasteiger partial charge in [0, 0.05) is 25.2 Å². The van der Waals surface area contributed by atoms with Crippen molar-refractivity contribution < 1.29 is 13.9 Å². The van der Waals surface area contributed by atoms with Crippen LogP contribution in [-0.4, -0.2) is 42.2 Å². The fourth-order valence-corrected chi connectivity index (χ4v) is 2.74. The Balaban J connectivity index is 1.38. The molecular formula is C19H18N4O3. The lowest BCUT2D eigenvalue weighted by atomic mass is 10.3. The molecule has 4 rings (SSSR count). The highest BCUT2D eigenvalue weighted by Crippen LogP contribution is 2.17. The molecule has 132 valence electrons. The van der Waals surface area contributed by atoms with Crippen LogP contribution in [-0.2, 0) is 9.53 Å². The fraction of sp³-hybridized carbons (Fsp3) is 0.211. The number of nitrogens with one attached hydrogen (secondary N) is 1. The third kappa shape index (κ3) is 3.73. The van der Waals surface area contributed by atoms with Crippen molar-refractivity contribution in [2.75, 3.05) is 36.5 Å². The van der Waals surface area contributed by atoms with Crippen molar-refractivity contribution in [2.45, 2.75) is 0 Å². The molecule has 1 fully saturated rings. The minimum atomic E-state index is -0.293. The van der Waals surface area contributed by atoms with Crippen LogP contribution >= 0.6 is 0 Å². The summed E-state index contributed by atoms with van der Waals surface area (Å²) in [5.41, 5.74) is 2.47. The summed E-state index contributed by atoms with van der Waals surface area (Å²) in [6.07, 6.45) is 4.67. The van der Waals surface area contributed by atoms with Gasteiger partial charge in [-0.3, -0.25) is 4.79 Å². The van der Waals surface area contributed by atoms with Gasteiger partial charge in [-0.1, -0.05) is 12.1 Å². The molecular weight excluding hydrogens is 332 g/mol. The number of para-hydroxylation sites is 2. The zero-order valence-corrected chi connectivity index (χ0v) is 14.1. The number of carbonyl (C=O) groups excluding carboxylic acids is 1. The molecule has 26 heavy (non-hydrogen) atoms. The quantitative estimate of drug-likeness (QED) is 0.729. The maximum absolute atomic E-state index is 12.1. The molecule has 0 unspecified atom stereocenters. The lowest BCUT2D eigenvalue weighted by molar-refractivity contribution is -0.111. The van der Waals surface area contributed by atoms with E-state index in [2.05, 4.69) is 20.2 Å². The number of morpholine rings is 1. The first-order valence-electron chi connectivity index (χ1n) is 8.41. The smallest absolute Gasteiger partial charge is 0.249 e. The number of aromatic nitrogens is 2. The highest BCUT2D eigenvalue weighted by Gasteiger charge is 2.11. The van der Waals surface area contributed by atoms with Crippen LogP contribution in [0.3, 0.4) is 0 Å². The van der Waals surface area contributed by atoms with Gasteiger partial charge in [0.1, 0.15) is 11.3 Å². The van der Waals surface area contributed by atoms with Gasteiger partial charge in [-0.25, -0.2) is 9.97 Å². The summed E-state index contributed by atoms with van der Waals surface area (Å²) < 4.78 is 10.9. The van der Waals surface area contributed by atoms with Crippen molar-refractivity contribution in [2.24, 2.45) is 0 Å². The monoisotopic (exact) mass is 350 g/mol. The maximum Gasteiger partial charge on any atom is 0.249 e. The second-order valence-corrected chi connectivity index (χ2v) is 5.84. The molecule has 0 bridgehead atoms. The van der Waals surface area contributed by atoms with E-state index < -0.39 is 0 Å². The van der Waals surface area contributed by atoms with Crippen LogP contribution in [0.4, 0.5) is 11.5 Å². The summed E-state index contributed by atoms with van der Waals surface area (Å²) in [6, 6.07) is 11.2. The number of ether oxygens (including phenoxy) is 1. The topological polar surface area (TPSA) is 80.5 Å². The number of amides is 1. The Morgan fingerprint density at radius 3 is 2.77 bits per heavy atom. The average Bonchev–Trinajstić information content (AvgIpc) is 3.11. The SMILES string of the molecule is O=C(/C=C/c1nc2ccccc2o1)Nc1ccc(N2CCOCC2)cn1. The van der Waals surface area contributed by atoms with Gasteiger partial charge in [0.15, 0.2) is 5.58 Å². The Hall–Kier alpha value is -3.19. The first-order valence-corrected chi connectivity index (χ1v) is 8.41. The number of pyridine rings is 1. The van der Waals surface area contributed by atoms with Crippen molar-refractivity contribution in [3.8, 4) is 0 Å². The second kappa shape index (κ2) is 7.37. The second-order valence-electron chi connectivity index (χ2n) is 5.84. The lowest BCUT2D eigenvalue weighted by Crippen LogP contribution is -2.36. The first-order chi connectivity index (χ1) is 12.8. The van der Waals surface area contributed by atoms with Crippen LogP contribution in [0.5, 0.6) is 0 Å². The minimum absolute atomic E-state index is 0.293. The van der Waals surface area contributed by atoms with E-state index in [1.165, 1.54) is 12.2 Å². The van der Waals surface area contributed by atoms with Gasteiger partial charge in [0.25, 0.3) is 0 Å². The van der Waals surface area contributed by atoms with Crippen molar-refractivity contribution >= 4 is 34.6 Å². The molecule has 0 saturated carbocycles. The molecule has 1 amide bonds. The van der Waals surface area contributed by atoms with Gasteiger partial charge in [-0.15, -0.1) is 0 Å². The maximum atomic E-state index is 12.1. The minimum Gasteiger partial charge on any atom is -0.437 e. The summed E-state index contributed by atoms with van der Waals surface area (Å²) >= 11 is 0. The van der Waals surface area contributed by atoms with Crippen molar-refractivity contribution in [1.29, 1.82) is 0 Å². The van der Waals surface area contributed by atoms with Crippen LogP contribution in [0.1, 0.15) is 5.89 Å². The lowest BCUT2D eigenvalue weighted by Gasteiger charge is -2.28. The third-order valence-corrected chi connectivity index (χ3v) is 4.06. The number of anilines is 2. The molecule has 0 radical (unpaired) electrons. The van der Waals surface area contributed by atoms with E-state index in [0.29, 0.717) is 17.3 Å². The number of oxazole rings is 1. The molecule has 0 spiro atoms. The van der Waals surface area contributed by atoms with Crippen molar-refractivity contribution in [3.63, 3.8) is 0 Å². The van der Waals surface area contributed by atoms with Gasteiger partial charge < -0.3 is 19.4 Å². The molecule has 2 aromatic heterocycles. The van der Waals surface area contributed by atoms with E-state index in [-0.39, 0.29) is 5.91 Å². The van der Waals surface area contributed by atoms with E-state index in [1.807, 2.05) is 30.3 Å². The first kappa shape index (κ1) is 16.3. The zero-order valence-electron chi connectivity index (χ0n) is 14.1. The van der Waals surface area contributed by atoms with Crippen LogP contribution in [0.15, 0.2) is 53.1 Å². The van der Waals surface area contributed by atoms with Gasteiger partial charge in [0.2, 0.25) is 11.8 Å². The third-order valence-electron chi connectivity index (χ3n) is 4.06. The predicted octanol–water partition coefficient (Wildman–Crippen LogP) is 2.71. The Bertz CT molecular complexity index is 894. The molecule has 1 aromatic carbocycles.